The number of nitrogens with zero attached hydrogens (tertiary/aromatic N) is 3. The molecule has 0 atom stereocenters. The third-order valence-corrected chi connectivity index (χ3v) is 5.49. The van der Waals surface area contributed by atoms with Crippen LogP contribution >= 0.6 is 0 Å². The molecule has 28 heavy (non-hydrogen) atoms. The summed E-state index contributed by atoms with van der Waals surface area (Å²) in [6.07, 6.45) is 2.07. The Kier molecular flexibility index (Phi) is 6.14. The van der Waals surface area contributed by atoms with Crippen molar-refractivity contribution in [2.75, 3.05) is 25.4 Å². The first-order valence-corrected chi connectivity index (χ1v) is 9.85. The topological polar surface area (TPSA) is 90.3 Å². The third kappa shape index (κ3) is 4.09. The fraction of sp³-hybridized carbons (Fsp3) is 0.476. The number of nitrogen functional groups attached to an aromatic ring is 1. The fourth-order valence-corrected chi connectivity index (χ4v) is 3.68. The molecule has 1 saturated heterocycles. The summed E-state index contributed by atoms with van der Waals surface area (Å²) in [4.78, 5) is 40.6. The molecule has 0 bridgehead atoms. The van der Waals surface area contributed by atoms with Crippen molar-refractivity contribution in [2.24, 2.45) is 5.92 Å². The Hall–Kier alpha value is -2.67. The van der Waals surface area contributed by atoms with Crippen LogP contribution in [0.5, 0.6) is 0 Å². The van der Waals surface area contributed by atoms with Crippen LogP contribution in [-0.2, 0) is 13.1 Å². The van der Waals surface area contributed by atoms with Crippen molar-refractivity contribution in [3.63, 3.8) is 0 Å². The van der Waals surface area contributed by atoms with Crippen molar-refractivity contribution in [2.45, 2.75) is 39.8 Å². The van der Waals surface area contributed by atoms with Crippen molar-refractivity contribution in [3.8, 4) is 0 Å². The quantitative estimate of drug-likeness (QED) is 0.764. The lowest BCUT2D eigenvalue weighted by atomic mass is 9.99. The molecule has 2 heterocycles. The van der Waals surface area contributed by atoms with Gasteiger partial charge in [-0.15, -0.1) is 0 Å². The van der Waals surface area contributed by atoms with Gasteiger partial charge in [-0.3, -0.25) is 23.6 Å². The van der Waals surface area contributed by atoms with Gasteiger partial charge in [0, 0.05) is 6.54 Å². The largest absolute Gasteiger partial charge is 0.384 e. The average Bonchev–Trinajstić information content (AvgIpc) is 2.68. The highest BCUT2D eigenvalue weighted by Gasteiger charge is 2.25. The maximum atomic E-state index is 13.0. The van der Waals surface area contributed by atoms with E-state index in [4.69, 9.17) is 5.73 Å². The van der Waals surface area contributed by atoms with Crippen LogP contribution in [-0.4, -0.2) is 39.5 Å². The lowest BCUT2D eigenvalue weighted by Gasteiger charge is -2.29. The van der Waals surface area contributed by atoms with Crippen LogP contribution in [0.3, 0.4) is 0 Å². The number of rotatable bonds is 6. The molecule has 1 aliphatic rings. The standard InChI is InChI=1S/C21H28N4O3/c1-3-24-20(27)18(17(26)14-23-11-9-15(2)10-12-23)19(22)25(21(24)28)13-16-7-5-4-6-8-16/h4-8,15H,3,9-14,22H2,1-2H3. The van der Waals surface area contributed by atoms with Gasteiger partial charge in [0.1, 0.15) is 11.4 Å². The summed E-state index contributed by atoms with van der Waals surface area (Å²) < 4.78 is 2.41. The first-order valence-electron chi connectivity index (χ1n) is 9.85. The van der Waals surface area contributed by atoms with E-state index in [2.05, 4.69) is 11.8 Å². The Morgan fingerprint density at radius 1 is 1.11 bits per heavy atom. The van der Waals surface area contributed by atoms with Crippen molar-refractivity contribution >= 4 is 11.6 Å². The van der Waals surface area contributed by atoms with Crippen LogP contribution in [0, 0.1) is 5.92 Å². The summed E-state index contributed by atoms with van der Waals surface area (Å²) in [5.41, 5.74) is 5.92. The number of ketones is 1. The Labute approximate surface area is 164 Å². The summed E-state index contributed by atoms with van der Waals surface area (Å²) in [6.45, 7) is 6.14. The molecule has 3 rings (SSSR count). The number of carbonyl (C=O) groups is 1. The van der Waals surface area contributed by atoms with Crippen LogP contribution in [0.4, 0.5) is 5.82 Å². The van der Waals surface area contributed by atoms with E-state index in [1.807, 2.05) is 30.3 Å². The number of carbonyl (C=O) groups excluding carboxylic acids is 1. The zero-order valence-electron chi connectivity index (χ0n) is 16.6. The van der Waals surface area contributed by atoms with Gasteiger partial charge in [-0.1, -0.05) is 37.3 Å². The molecule has 0 saturated carbocycles. The summed E-state index contributed by atoms with van der Waals surface area (Å²) in [6, 6.07) is 9.38. The lowest BCUT2D eigenvalue weighted by Crippen LogP contribution is -2.45. The molecular weight excluding hydrogens is 356 g/mol. The normalized spacial score (nSPS) is 15.6. The SMILES string of the molecule is CCn1c(=O)c(C(=O)CN2CCC(C)CC2)c(N)n(Cc2ccccc2)c1=O. The van der Waals surface area contributed by atoms with Gasteiger partial charge in [0.2, 0.25) is 0 Å². The van der Waals surface area contributed by atoms with Gasteiger partial charge < -0.3 is 5.73 Å². The monoisotopic (exact) mass is 384 g/mol. The predicted octanol–water partition coefficient (Wildman–Crippen LogP) is 1.57. The van der Waals surface area contributed by atoms with E-state index in [0.29, 0.717) is 5.92 Å². The van der Waals surface area contributed by atoms with E-state index >= 15 is 0 Å². The molecule has 2 N–H and O–H groups in total. The number of anilines is 1. The number of piperidine rings is 1. The highest BCUT2D eigenvalue weighted by Crippen LogP contribution is 2.17. The first kappa shape index (κ1) is 20.1. The van der Waals surface area contributed by atoms with Gasteiger partial charge in [-0.25, -0.2) is 4.79 Å². The van der Waals surface area contributed by atoms with Crippen LogP contribution in [0.25, 0.3) is 0 Å². The van der Waals surface area contributed by atoms with Crippen molar-refractivity contribution in [3.05, 3.63) is 62.3 Å². The van der Waals surface area contributed by atoms with Gasteiger partial charge in [0.25, 0.3) is 5.56 Å². The van der Waals surface area contributed by atoms with Gasteiger partial charge in [0.05, 0.1) is 13.1 Å². The lowest BCUT2D eigenvalue weighted by molar-refractivity contribution is 0.0897. The maximum Gasteiger partial charge on any atom is 0.332 e. The highest BCUT2D eigenvalue weighted by atomic mass is 16.2. The number of benzene rings is 1. The second-order valence-electron chi connectivity index (χ2n) is 7.55. The molecule has 7 heteroatoms. The molecule has 1 aliphatic heterocycles. The number of hydrogen-bond acceptors (Lipinski definition) is 5. The van der Waals surface area contributed by atoms with Crippen molar-refractivity contribution in [1.82, 2.24) is 14.0 Å². The first-order chi connectivity index (χ1) is 13.4. The van der Waals surface area contributed by atoms with Gasteiger partial charge in [-0.05, 0) is 44.3 Å². The molecule has 7 nitrogen and oxygen atoms in total. The third-order valence-electron chi connectivity index (χ3n) is 5.49. The highest BCUT2D eigenvalue weighted by molar-refractivity contribution is 6.01. The molecule has 1 fully saturated rings. The Balaban J connectivity index is 1.98. The molecule has 0 radical (unpaired) electrons. The molecule has 1 aromatic carbocycles. The van der Waals surface area contributed by atoms with E-state index in [0.717, 1.165) is 36.1 Å². The molecular formula is C21H28N4O3. The molecule has 0 aliphatic carbocycles. The predicted molar refractivity (Wildman–Crippen MR) is 110 cm³/mol. The Bertz CT molecular complexity index is 954. The van der Waals surface area contributed by atoms with Gasteiger partial charge >= 0.3 is 5.69 Å². The second kappa shape index (κ2) is 8.56. The van der Waals surface area contributed by atoms with E-state index in [1.165, 1.54) is 4.57 Å². The van der Waals surface area contributed by atoms with E-state index in [9.17, 15) is 14.4 Å². The second-order valence-corrected chi connectivity index (χ2v) is 7.55. The molecule has 1 aromatic heterocycles. The molecule has 0 amide bonds. The number of nitrogens with two attached hydrogens (primary N) is 1. The van der Waals surface area contributed by atoms with Crippen LogP contribution in [0.1, 0.15) is 42.6 Å². The van der Waals surface area contributed by atoms with Crippen molar-refractivity contribution < 1.29 is 4.79 Å². The van der Waals surface area contributed by atoms with Crippen LogP contribution in [0.15, 0.2) is 39.9 Å². The Morgan fingerprint density at radius 3 is 2.36 bits per heavy atom. The summed E-state index contributed by atoms with van der Waals surface area (Å²) >= 11 is 0. The zero-order chi connectivity index (χ0) is 20.3. The molecule has 150 valence electrons. The summed E-state index contributed by atoms with van der Waals surface area (Å²) in [5.74, 6) is 0.293. The minimum absolute atomic E-state index is 0.0427. The van der Waals surface area contributed by atoms with Gasteiger partial charge in [0.15, 0.2) is 5.78 Å². The molecule has 0 spiro atoms. The molecule has 2 aromatic rings. The zero-order valence-corrected chi connectivity index (χ0v) is 16.6. The fourth-order valence-electron chi connectivity index (χ4n) is 3.68. The van der Waals surface area contributed by atoms with Crippen LogP contribution < -0.4 is 17.0 Å². The summed E-state index contributed by atoms with van der Waals surface area (Å²) in [7, 11) is 0. The number of likely N-dealkylation sites (tertiary alicyclic amines) is 1. The average molecular weight is 384 g/mol. The minimum Gasteiger partial charge on any atom is -0.384 e. The van der Waals surface area contributed by atoms with E-state index in [-0.39, 0.29) is 36.8 Å². The van der Waals surface area contributed by atoms with E-state index in [1.54, 1.807) is 6.92 Å². The van der Waals surface area contributed by atoms with Crippen molar-refractivity contribution in [1.29, 1.82) is 0 Å². The summed E-state index contributed by atoms with van der Waals surface area (Å²) in [5, 5.41) is 0. The maximum absolute atomic E-state index is 13.0. The number of Topliss-reactive ketones (excluding diaryl/α,β-unsaturated/α-hetero) is 1. The van der Waals surface area contributed by atoms with Gasteiger partial charge in [-0.2, -0.15) is 0 Å². The minimum atomic E-state index is -0.593. The van der Waals surface area contributed by atoms with E-state index < -0.39 is 11.2 Å². The molecule has 0 unspecified atom stereocenters. The number of hydrogen-bond donors (Lipinski definition) is 1. The Morgan fingerprint density at radius 2 is 1.75 bits per heavy atom. The van der Waals surface area contributed by atoms with Crippen LogP contribution in [0.2, 0.25) is 0 Å². The smallest absolute Gasteiger partial charge is 0.332 e. The number of aromatic nitrogens is 2.